The summed E-state index contributed by atoms with van der Waals surface area (Å²) in [6.45, 7) is 4.74. The summed E-state index contributed by atoms with van der Waals surface area (Å²) in [6.07, 6.45) is 1.36. The molecule has 0 aliphatic heterocycles. The molecule has 0 heterocycles. The van der Waals surface area contributed by atoms with E-state index in [9.17, 15) is 22.8 Å². The molecule has 2 aromatic rings. The van der Waals surface area contributed by atoms with Crippen molar-refractivity contribution in [2.45, 2.75) is 39.8 Å². The van der Waals surface area contributed by atoms with Crippen LogP contribution in [0, 0.1) is 6.92 Å². The normalized spacial score (nSPS) is 12.0. The number of sulfonamides is 1. The fourth-order valence-electron chi connectivity index (χ4n) is 3.55. The van der Waals surface area contributed by atoms with Crippen LogP contribution in [-0.4, -0.2) is 56.8 Å². The van der Waals surface area contributed by atoms with E-state index in [0.717, 1.165) is 21.7 Å². The first-order chi connectivity index (χ1) is 15.5. The molecule has 2 aromatic carbocycles. The van der Waals surface area contributed by atoms with Gasteiger partial charge in [-0.25, -0.2) is 8.42 Å². The van der Waals surface area contributed by atoms with Crippen LogP contribution >= 0.6 is 0 Å². The van der Waals surface area contributed by atoms with Crippen LogP contribution in [0.4, 0.5) is 5.69 Å². The van der Waals surface area contributed by atoms with Crippen LogP contribution in [0.1, 0.15) is 41.8 Å². The Morgan fingerprint density at radius 3 is 2.27 bits per heavy atom. The molecule has 0 saturated heterocycles. The third-order valence-corrected chi connectivity index (χ3v) is 6.59. The first-order valence-corrected chi connectivity index (χ1v) is 12.5. The monoisotopic (exact) mass is 473 g/mol. The van der Waals surface area contributed by atoms with E-state index in [1.807, 2.05) is 31.2 Å². The molecule has 1 N–H and O–H groups in total. The van der Waals surface area contributed by atoms with Crippen LogP contribution in [-0.2, 0) is 26.2 Å². The molecule has 9 heteroatoms. The van der Waals surface area contributed by atoms with Gasteiger partial charge in [0.25, 0.3) is 0 Å². The summed E-state index contributed by atoms with van der Waals surface area (Å²) in [4.78, 5) is 39.3. The van der Waals surface area contributed by atoms with E-state index in [-0.39, 0.29) is 23.9 Å². The highest BCUT2D eigenvalue weighted by molar-refractivity contribution is 7.92. The number of nitrogens with one attached hydrogen (secondary N) is 1. The summed E-state index contributed by atoms with van der Waals surface area (Å²) in [7, 11) is -2.36. The molecule has 0 aliphatic carbocycles. The van der Waals surface area contributed by atoms with Crippen molar-refractivity contribution in [3.63, 3.8) is 0 Å². The second-order valence-electron chi connectivity index (χ2n) is 7.86. The number of carbonyl (C=O) groups excluding carboxylic acids is 3. The van der Waals surface area contributed by atoms with Crippen molar-refractivity contribution >= 4 is 33.3 Å². The van der Waals surface area contributed by atoms with Crippen LogP contribution in [0.3, 0.4) is 0 Å². The second kappa shape index (κ2) is 11.1. The maximum atomic E-state index is 13.5. The van der Waals surface area contributed by atoms with E-state index >= 15 is 0 Å². The molecule has 1 atom stereocenters. The molecule has 2 rings (SSSR count). The number of amides is 2. The van der Waals surface area contributed by atoms with Crippen LogP contribution in [0.2, 0.25) is 0 Å². The maximum absolute atomic E-state index is 13.5. The SMILES string of the molecule is CC[C@@H](C(=O)NC)N(Cc1ccccc1C)C(=O)CN(c1cccc(C(C)=O)c1)S(C)(=O)=O. The zero-order valence-corrected chi connectivity index (χ0v) is 20.5. The number of benzene rings is 2. The van der Waals surface area contributed by atoms with Gasteiger partial charge >= 0.3 is 0 Å². The van der Waals surface area contributed by atoms with Crippen molar-refractivity contribution in [2.75, 3.05) is 24.2 Å². The smallest absolute Gasteiger partial charge is 0.244 e. The lowest BCUT2D eigenvalue weighted by atomic mass is 10.1. The minimum atomic E-state index is -3.85. The molecule has 0 bridgehead atoms. The molecule has 2 amide bonds. The largest absolute Gasteiger partial charge is 0.357 e. The summed E-state index contributed by atoms with van der Waals surface area (Å²) in [5.41, 5.74) is 2.36. The van der Waals surface area contributed by atoms with Crippen molar-refractivity contribution in [1.29, 1.82) is 0 Å². The summed E-state index contributed by atoms with van der Waals surface area (Å²) < 4.78 is 26.2. The Morgan fingerprint density at radius 2 is 1.73 bits per heavy atom. The minimum Gasteiger partial charge on any atom is -0.357 e. The number of nitrogens with zero attached hydrogens (tertiary/aromatic N) is 2. The molecule has 0 aromatic heterocycles. The van der Waals surface area contributed by atoms with Crippen molar-refractivity contribution in [3.05, 3.63) is 65.2 Å². The number of ketones is 1. The number of hydrogen-bond acceptors (Lipinski definition) is 5. The summed E-state index contributed by atoms with van der Waals surface area (Å²) in [5, 5.41) is 2.58. The lowest BCUT2D eigenvalue weighted by Crippen LogP contribution is -2.51. The lowest BCUT2D eigenvalue weighted by molar-refractivity contribution is -0.140. The van der Waals surface area contributed by atoms with E-state index in [1.54, 1.807) is 19.1 Å². The number of aryl methyl sites for hydroxylation is 1. The molecule has 0 saturated carbocycles. The highest BCUT2D eigenvalue weighted by Gasteiger charge is 2.31. The Morgan fingerprint density at radius 1 is 1.06 bits per heavy atom. The molecule has 178 valence electrons. The van der Waals surface area contributed by atoms with Gasteiger partial charge in [0.2, 0.25) is 21.8 Å². The Kier molecular flexibility index (Phi) is 8.76. The molecule has 33 heavy (non-hydrogen) atoms. The van der Waals surface area contributed by atoms with Gasteiger partial charge in [0.05, 0.1) is 11.9 Å². The maximum Gasteiger partial charge on any atom is 0.244 e. The summed E-state index contributed by atoms with van der Waals surface area (Å²) >= 11 is 0. The van der Waals surface area contributed by atoms with Crippen LogP contribution in [0.15, 0.2) is 48.5 Å². The standard InChI is InChI=1S/C24H31N3O5S/c1-6-22(24(30)25-4)26(15-20-11-8-7-10-17(20)2)23(29)16-27(33(5,31)32)21-13-9-12-19(14-21)18(3)28/h7-14,22H,6,15-16H2,1-5H3,(H,25,30)/t22-/m0/s1. The van der Waals surface area contributed by atoms with Gasteiger partial charge in [0.1, 0.15) is 12.6 Å². The quantitative estimate of drug-likeness (QED) is 0.534. The fraction of sp³-hybridized carbons (Fsp3) is 0.375. The number of carbonyl (C=O) groups is 3. The molecule has 0 radical (unpaired) electrons. The van der Waals surface area contributed by atoms with Gasteiger partial charge in [0, 0.05) is 19.2 Å². The minimum absolute atomic E-state index is 0.155. The Bertz CT molecular complexity index is 1130. The number of hydrogen-bond donors (Lipinski definition) is 1. The number of rotatable bonds is 10. The third-order valence-electron chi connectivity index (χ3n) is 5.45. The van der Waals surface area contributed by atoms with Crippen molar-refractivity contribution in [3.8, 4) is 0 Å². The first kappa shape index (κ1) is 26.1. The number of Topliss-reactive ketones (excluding diaryl/α,β-unsaturated/α-hetero) is 1. The van der Waals surface area contributed by atoms with Gasteiger partial charge in [-0.15, -0.1) is 0 Å². The van der Waals surface area contributed by atoms with E-state index in [1.165, 1.54) is 31.0 Å². The molecule has 0 aliphatic rings. The van der Waals surface area contributed by atoms with E-state index < -0.39 is 28.5 Å². The van der Waals surface area contributed by atoms with Gasteiger partial charge in [-0.2, -0.15) is 0 Å². The summed E-state index contributed by atoms with van der Waals surface area (Å²) in [5.74, 6) is -1.07. The van der Waals surface area contributed by atoms with Crippen molar-refractivity contribution < 1.29 is 22.8 Å². The van der Waals surface area contributed by atoms with Gasteiger partial charge < -0.3 is 10.2 Å². The van der Waals surface area contributed by atoms with Gasteiger partial charge in [0.15, 0.2) is 5.78 Å². The zero-order valence-electron chi connectivity index (χ0n) is 19.7. The Hall–Kier alpha value is -3.20. The lowest BCUT2D eigenvalue weighted by Gasteiger charge is -2.33. The van der Waals surface area contributed by atoms with Gasteiger partial charge in [-0.3, -0.25) is 18.7 Å². The molecule has 0 unspecified atom stereocenters. The fourth-order valence-corrected chi connectivity index (χ4v) is 4.39. The van der Waals surface area contributed by atoms with Crippen LogP contribution in [0.5, 0.6) is 0 Å². The van der Waals surface area contributed by atoms with E-state index in [2.05, 4.69) is 5.32 Å². The van der Waals surface area contributed by atoms with E-state index in [4.69, 9.17) is 0 Å². The predicted octanol–water partition coefficient (Wildman–Crippen LogP) is 2.52. The van der Waals surface area contributed by atoms with Crippen LogP contribution in [0.25, 0.3) is 0 Å². The molecule has 0 fully saturated rings. The van der Waals surface area contributed by atoms with Gasteiger partial charge in [-0.1, -0.05) is 43.3 Å². The topological polar surface area (TPSA) is 104 Å². The van der Waals surface area contributed by atoms with Crippen LogP contribution < -0.4 is 9.62 Å². The van der Waals surface area contributed by atoms with Gasteiger partial charge in [-0.05, 0) is 43.5 Å². The number of likely N-dealkylation sites (N-methyl/N-ethyl adjacent to an activating group) is 1. The molecule has 8 nitrogen and oxygen atoms in total. The zero-order chi connectivity index (χ0) is 24.8. The average Bonchev–Trinajstić information content (AvgIpc) is 2.77. The Balaban J connectivity index is 2.48. The second-order valence-corrected chi connectivity index (χ2v) is 9.77. The summed E-state index contributed by atoms with van der Waals surface area (Å²) in [6, 6.07) is 12.9. The highest BCUT2D eigenvalue weighted by atomic mass is 32.2. The first-order valence-electron chi connectivity index (χ1n) is 10.6. The van der Waals surface area contributed by atoms with E-state index in [0.29, 0.717) is 12.0 Å². The molecular formula is C24H31N3O5S. The molecule has 0 spiro atoms. The number of anilines is 1. The predicted molar refractivity (Wildman–Crippen MR) is 129 cm³/mol. The average molecular weight is 474 g/mol. The molecular weight excluding hydrogens is 442 g/mol. The van der Waals surface area contributed by atoms with Crippen molar-refractivity contribution in [2.24, 2.45) is 0 Å². The van der Waals surface area contributed by atoms with Crippen molar-refractivity contribution in [1.82, 2.24) is 10.2 Å². The Labute approximate surface area is 195 Å². The highest BCUT2D eigenvalue weighted by Crippen LogP contribution is 2.22. The third kappa shape index (κ3) is 6.64.